The summed E-state index contributed by atoms with van der Waals surface area (Å²) in [4.78, 5) is 19.3. The molecule has 2 fully saturated rings. The molecule has 2 saturated heterocycles. The second-order valence-corrected chi connectivity index (χ2v) is 14.4. The van der Waals surface area contributed by atoms with Gasteiger partial charge in [-0.3, -0.25) is 14.6 Å². The van der Waals surface area contributed by atoms with Gasteiger partial charge in [-0.05, 0) is 62.9 Å². The number of hydrogen-bond donors (Lipinski definition) is 1. The molecule has 3 atom stereocenters. The first-order valence-electron chi connectivity index (χ1n) is 17.7. The molecule has 1 spiro atoms. The van der Waals surface area contributed by atoms with Crippen LogP contribution >= 0.6 is 0 Å². The van der Waals surface area contributed by atoms with Crippen LogP contribution in [0.1, 0.15) is 72.2 Å². The van der Waals surface area contributed by atoms with E-state index in [1.807, 2.05) is 24.4 Å². The van der Waals surface area contributed by atoms with Crippen LogP contribution in [0.4, 0.5) is 15.9 Å². The Labute approximate surface area is 286 Å². The van der Waals surface area contributed by atoms with E-state index in [1.165, 1.54) is 5.56 Å². The van der Waals surface area contributed by atoms with Gasteiger partial charge in [0.25, 0.3) is 0 Å². The molecule has 50 heavy (non-hydrogen) atoms. The molecule has 0 bridgehead atoms. The Morgan fingerprint density at radius 1 is 1.12 bits per heavy atom. The molecule has 7 heterocycles. The minimum absolute atomic E-state index is 0. The molecule has 10 nitrogen and oxygen atoms in total. The van der Waals surface area contributed by atoms with Gasteiger partial charge in [-0.1, -0.05) is 24.6 Å². The number of alkyl halides is 1. The van der Waals surface area contributed by atoms with Crippen molar-refractivity contribution >= 4 is 11.5 Å². The maximum Gasteiger partial charge on any atom is 0.323 e. The van der Waals surface area contributed by atoms with Crippen LogP contribution in [-0.4, -0.2) is 61.0 Å². The Morgan fingerprint density at radius 2 is 2.04 bits per heavy atom. The first kappa shape index (κ1) is 31.9. The smallest absolute Gasteiger partial charge is 0.323 e. The third-order valence-electron chi connectivity index (χ3n) is 11.3. The maximum absolute atomic E-state index is 14.5. The Hall–Kier alpha value is -5.35. The molecule has 1 aromatic carbocycles. The van der Waals surface area contributed by atoms with Gasteiger partial charge >= 0.3 is 6.01 Å². The molecule has 0 saturated carbocycles. The largest absolute Gasteiger partial charge is 0.432 e. The van der Waals surface area contributed by atoms with Crippen LogP contribution in [0.15, 0.2) is 48.9 Å². The number of aryl methyl sites for hydroxylation is 3. The third-order valence-corrected chi connectivity index (χ3v) is 11.3. The zero-order valence-electron chi connectivity index (χ0n) is 28.4. The molecule has 12 heteroatoms. The van der Waals surface area contributed by atoms with Gasteiger partial charge in [-0.25, -0.2) is 4.39 Å². The van der Waals surface area contributed by atoms with Crippen molar-refractivity contribution in [1.82, 2.24) is 29.6 Å². The molecule has 2 N–H and O–H groups in total. The summed E-state index contributed by atoms with van der Waals surface area (Å²) >= 11 is 0. The number of anilines is 2. The average Bonchev–Trinajstić information content (AvgIpc) is 3.71. The minimum atomic E-state index is -0.810. The van der Waals surface area contributed by atoms with Gasteiger partial charge in [-0.15, -0.1) is 17.2 Å². The molecular formula is C38H42CmFN8O2-. The molecule has 9 rings (SSSR count). The van der Waals surface area contributed by atoms with Crippen LogP contribution in [0.5, 0.6) is 6.01 Å². The van der Waals surface area contributed by atoms with Crippen molar-refractivity contribution in [3.63, 3.8) is 0 Å². The van der Waals surface area contributed by atoms with Crippen LogP contribution in [0.3, 0.4) is 0 Å². The van der Waals surface area contributed by atoms with E-state index in [2.05, 4.69) is 50.7 Å². The maximum atomic E-state index is 14.5. The predicted molar refractivity (Wildman–Crippen MR) is 184 cm³/mol. The first-order chi connectivity index (χ1) is 23.9. The zero-order valence-corrected chi connectivity index (χ0v) is 31.3. The minimum Gasteiger partial charge on any atom is -0.432 e. The van der Waals surface area contributed by atoms with E-state index in [-0.39, 0.29) is 5.54 Å². The topological polar surface area (TPSA) is 107 Å². The van der Waals surface area contributed by atoms with E-state index in [0.29, 0.717) is 44.2 Å². The Morgan fingerprint density at radius 3 is 2.94 bits per heavy atom. The van der Waals surface area contributed by atoms with Crippen molar-refractivity contribution in [3.05, 3.63) is 88.6 Å². The van der Waals surface area contributed by atoms with Crippen LogP contribution in [-0.2, 0) is 42.9 Å². The number of pyridine rings is 1. The van der Waals surface area contributed by atoms with Crippen molar-refractivity contribution in [2.24, 2.45) is 0 Å². The summed E-state index contributed by atoms with van der Waals surface area (Å²) in [6.07, 6.45) is 11.6. The molecule has 4 aromatic rings. The summed E-state index contributed by atoms with van der Waals surface area (Å²) in [7, 11) is 0. The summed E-state index contributed by atoms with van der Waals surface area (Å²) in [5.41, 5.74) is 14.2. The Balaban J connectivity index is 0.00000361. The van der Waals surface area contributed by atoms with Crippen molar-refractivity contribution in [2.75, 3.05) is 30.3 Å². The van der Waals surface area contributed by atoms with E-state index in [9.17, 15) is 4.39 Å². The van der Waals surface area contributed by atoms with E-state index >= 15 is 0 Å². The van der Waals surface area contributed by atoms with E-state index < -0.39 is 11.8 Å². The number of halogens is 1. The summed E-state index contributed by atoms with van der Waals surface area (Å²) in [6, 6.07) is 14.0. The SMILES string of the molecule is Cc1cccnc1-c1cc2n(n1)CCCN(c1nc(OC=CC34CCCN3C[C@H](F)C4)nc3c1CO[C@@]1(CCCc4ccc(N)[c-]c41)C3)C2.[Cm]. The summed E-state index contributed by atoms with van der Waals surface area (Å²) in [5, 5.41) is 4.96. The van der Waals surface area contributed by atoms with Gasteiger partial charge in [0.05, 0.1) is 42.1 Å². The number of nitrogens with zero attached hydrogens (tertiary/aromatic N) is 7. The molecule has 0 amide bonds. The zero-order chi connectivity index (χ0) is 33.2. The first-order valence-corrected chi connectivity index (χ1v) is 17.7. The number of fused-ring (bicyclic) bond motifs is 5. The second-order valence-electron chi connectivity index (χ2n) is 14.4. The number of hydrogen-bond acceptors (Lipinski definition) is 9. The third kappa shape index (κ3) is 5.35. The Kier molecular flexibility index (Phi) is 7.79. The summed E-state index contributed by atoms with van der Waals surface area (Å²) in [6.45, 7) is 6.09. The van der Waals surface area contributed by atoms with E-state index in [1.54, 1.807) is 6.26 Å². The van der Waals surface area contributed by atoms with Crippen molar-refractivity contribution < 1.29 is 13.9 Å². The second kappa shape index (κ2) is 12.2. The molecule has 262 valence electrons. The van der Waals surface area contributed by atoms with Crippen LogP contribution in [0, 0.1) is 13.0 Å². The van der Waals surface area contributed by atoms with Crippen LogP contribution < -0.4 is 15.4 Å². The molecule has 5 aliphatic rings. The monoisotopic (exact) mass is 904 g/mol. The van der Waals surface area contributed by atoms with Gasteiger partial charge in [0.1, 0.15) is 17.7 Å². The number of nitrogen functional groups attached to an aromatic ring is 1. The molecule has 4 aliphatic heterocycles. The average molecular weight is 909 g/mol. The predicted octanol–water partition coefficient (Wildman–Crippen LogP) is 5.61. The molecule has 1 unspecified atom stereocenters. The van der Waals surface area contributed by atoms with Crippen LogP contribution in [0.2, 0.25) is 0 Å². The quantitative estimate of drug-likeness (QED) is 0.156. The van der Waals surface area contributed by atoms with E-state index in [4.69, 9.17) is 30.3 Å². The summed E-state index contributed by atoms with van der Waals surface area (Å²) in [5.74, 6) is 0.825. The fourth-order valence-corrected chi connectivity index (χ4v) is 8.94. The van der Waals surface area contributed by atoms with Gasteiger partial charge in [0, 0.05) is 49.8 Å². The van der Waals surface area contributed by atoms with Crippen molar-refractivity contribution in [2.45, 2.75) is 95.3 Å². The van der Waals surface area contributed by atoms with Crippen LogP contribution in [0.25, 0.3) is 11.4 Å². The van der Waals surface area contributed by atoms with Crippen molar-refractivity contribution in [3.8, 4) is 17.4 Å². The Bertz CT molecular complexity index is 1950. The van der Waals surface area contributed by atoms with Gasteiger partial charge in [0.2, 0.25) is 0 Å². The number of aromatic nitrogens is 5. The molecule has 1 aliphatic carbocycles. The standard InChI is InChI=1S/C38H42FN8O2.Cm/c1-25-6-3-13-41-34(25)32-19-29-23-45(14-5-16-47(29)44-32)35-30-24-49-38(11-2-7-26-8-9-28(40)18-31(26)38)21-33(30)42-36(43-35)48-17-12-37-10-4-15-46(37)22-27(39)20-37;/h3,6,8-9,12-13,17,19,27H,2,4-5,7,10-11,14-16,20-24,40H2,1H3;/q-1;/t27-,37?,38+;/m1./s1. The number of ether oxygens (including phenoxy) is 2. The van der Waals surface area contributed by atoms with E-state index in [0.717, 1.165) is 103 Å². The van der Waals surface area contributed by atoms with Gasteiger partial charge in [0.15, 0.2) is 0 Å². The fourth-order valence-electron chi connectivity index (χ4n) is 8.94. The van der Waals surface area contributed by atoms with Gasteiger partial charge in [-0.2, -0.15) is 27.2 Å². The summed E-state index contributed by atoms with van der Waals surface area (Å²) < 4.78 is 29.7. The molecule has 0 radical (unpaired) electrons. The van der Waals surface area contributed by atoms with Crippen molar-refractivity contribution in [1.29, 1.82) is 0 Å². The number of rotatable bonds is 5. The normalized spacial score (nSPS) is 25.9. The molecule has 3 aromatic heterocycles. The fraction of sp³-hybridized carbons (Fsp3) is 0.474. The molecular weight excluding hydrogens is 866 g/mol. The number of nitrogens with two attached hydrogens (primary N) is 1. The number of benzene rings is 1. The van der Waals surface area contributed by atoms with Gasteiger partial charge < -0.3 is 20.1 Å².